The molecule has 8 heteroatoms. The van der Waals surface area contributed by atoms with Crippen molar-refractivity contribution in [3.05, 3.63) is 39.8 Å². The van der Waals surface area contributed by atoms with Gasteiger partial charge in [-0.3, -0.25) is 10.00 Å². The summed E-state index contributed by atoms with van der Waals surface area (Å²) in [5.41, 5.74) is 1.95. The first-order valence-electron chi connectivity index (χ1n) is 5.80. The van der Waals surface area contributed by atoms with E-state index in [-0.39, 0.29) is 6.03 Å². The van der Waals surface area contributed by atoms with E-state index in [0.717, 1.165) is 11.3 Å². The molecule has 2 rings (SSSR count). The molecule has 2 heterocycles. The van der Waals surface area contributed by atoms with Gasteiger partial charge in [0, 0.05) is 37.1 Å². The Hall–Kier alpha value is -1.79. The van der Waals surface area contributed by atoms with Gasteiger partial charge in [-0.1, -0.05) is 23.2 Å². The van der Waals surface area contributed by atoms with Gasteiger partial charge in [-0.2, -0.15) is 5.10 Å². The minimum absolute atomic E-state index is 0.333. The van der Waals surface area contributed by atoms with Crippen LogP contribution >= 0.6 is 23.2 Å². The Morgan fingerprint density at radius 2 is 2.10 bits per heavy atom. The monoisotopic (exact) mass is 313 g/mol. The maximum absolute atomic E-state index is 11.7. The fourth-order valence-electron chi connectivity index (χ4n) is 1.54. The van der Waals surface area contributed by atoms with Gasteiger partial charge in [-0.05, 0) is 6.92 Å². The third-order valence-corrected chi connectivity index (χ3v) is 3.54. The van der Waals surface area contributed by atoms with Gasteiger partial charge in [0.05, 0.1) is 16.2 Å². The number of urea groups is 1. The van der Waals surface area contributed by atoms with Crippen molar-refractivity contribution in [1.29, 1.82) is 0 Å². The normalized spacial score (nSPS) is 10.4. The van der Waals surface area contributed by atoms with E-state index >= 15 is 0 Å². The predicted octanol–water partition coefficient (Wildman–Crippen LogP) is 2.75. The topological polar surface area (TPSA) is 71.8 Å². The molecule has 2 aromatic rings. The Morgan fingerprint density at radius 3 is 2.70 bits per heavy atom. The quantitative estimate of drug-likeness (QED) is 0.915. The number of anilines is 1. The minimum Gasteiger partial charge on any atom is -0.334 e. The molecule has 0 atom stereocenters. The number of aromatic nitrogens is 3. The van der Waals surface area contributed by atoms with Crippen LogP contribution in [0.5, 0.6) is 0 Å². The summed E-state index contributed by atoms with van der Waals surface area (Å²) in [6, 6.07) is 1.11. The number of nitrogens with zero attached hydrogens (tertiary/aromatic N) is 3. The Bertz CT molecular complexity index is 641. The summed E-state index contributed by atoms with van der Waals surface area (Å²) < 4.78 is 1.75. The van der Waals surface area contributed by atoms with E-state index in [1.165, 1.54) is 12.3 Å². The molecule has 0 fully saturated rings. The van der Waals surface area contributed by atoms with Crippen molar-refractivity contribution < 1.29 is 4.79 Å². The van der Waals surface area contributed by atoms with E-state index in [1.54, 1.807) is 10.9 Å². The first-order chi connectivity index (χ1) is 9.47. The van der Waals surface area contributed by atoms with Gasteiger partial charge >= 0.3 is 6.03 Å². The zero-order chi connectivity index (χ0) is 14.7. The van der Waals surface area contributed by atoms with E-state index in [2.05, 4.69) is 20.7 Å². The molecule has 0 saturated heterocycles. The van der Waals surface area contributed by atoms with E-state index in [4.69, 9.17) is 23.2 Å². The third-order valence-electron chi connectivity index (χ3n) is 2.83. The molecule has 20 heavy (non-hydrogen) atoms. The number of hydrogen-bond donors (Lipinski definition) is 2. The third kappa shape index (κ3) is 3.40. The molecule has 0 bridgehead atoms. The van der Waals surface area contributed by atoms with Gasteiger partial charge < -0.3 is 5.32 Å². The largest absolute Gasteiger partial charge is 0.334 e. The summed E-state index contributed by atoms with van der Waals surface area (Å²) in [6.07, 6.45) is 3.10. The van der Waals surface area contributed by atoms with Crippen LogP contribution in [0.1, 0.15) is 11.3 Å². The molecule has 0 aliphatic rings. The lowest BCUT2D eigenvalue weighted by Gasteiger charge is -2.07. The van der Waals surface area contributed by atoms with Crippen LogP contribution < -0.4 is 10.6 Å². The van der Waals surface area contributed by atoms with Crippen molar-refractivity contribution in [2.75, 3.05) is 5.32 Å². The lowest BCUT2D eigenvalue weighted by Crippen LogP contribution is -2.28. The number of halogens is 2. The summed E-state index contributed by atoms with van der Waals surface area (Å²) in [5, 5.41) is 10.1. The molecule has 2 N–H and O–H groups in total. The van der Waals surface area contributed by atoms with Crippen LogP contribution in [0.25, 0.3) is 0 Å². The summed E-state index contributed by atoms with van der Waals surface area (Å²) in [4.78, 5) is 15.7. The van der Waals surface area contributed by atoms with Crippen molar-refractivity contribution in [2.24, 2.45) is 7.05 Å². The zero-order valence-electron chi connectivity index (χ0n) is 10.9. The molecule has 0 aliphatic carbocycles. The maximum atomic E-state index is 11.7. The molecule has 6 nitrogen and oxygen atoms in total. The van der Waals surface area contributed by atoms with Crippen LogP contribution in [-0.2, 0) is 13.6 Å². The number of aryl methyl sites for hydroxylation is 1. The first kappa shape index (κ1) is 14.6. The molecule has 2 aromatic heterocycles. The SMILES string of the molecule is Cc1c(CNC(=O)Nc2cc(Cl)c(Cl)cn2)cnn1C. The highest BCUT2D eigenvalue weighted by atomic mass is 35.5. The van der Waals surface area contributed by atoms with Gasteiger partial charge in [-0.15, -0.1) is 0 Å². The molecule has 0 aliphatic heterocycles. The molecule has 0 saturated carbocycles. The molecule has 2 amide bonds. The molecule has 106 valence electrons. The highest BCUT2D eigenvalue weighted by Crippen LogP contribution is 2.22. The summed E-state index contributed by atoms with van der Waals surface area (Å²) in [5.74, 6) is 0.333. The molecular formula is C12H13Cl2N5O. The first-order valence-corrected chi connectivity index (χ1v) is 6.56. The summed E-state index contributed by atoms with van der Waals surface area (Å²) in [6.45, 7) is 2.31. The summed E-state index contributed by atoms with van der Waals surface area (Å²) in [7, 11) is 1.85. The van der Waals surface area contributed by atoms with Crippen LogP contribution in [0.2, 0.25) is 10.0 Å². The lowest BCUT2D eigenvalue weighted by molar-refractivity contribution is 0.251. The van der Waals surface area contributed by atoms with E-state index in [0.29, 0.717) is 22.4 Å². The maximum Gasteiger partial charge on any atom is 0.320 e. The van der Waals surface area contributed by atoms with Crippen LogP contribution in [0.4, 0.5) is 10.6 Å². The average Bonchev–Trinajstić information content (AvgIpc) is 2.72. The predicted molar refractivity (Wildman–Crippen MR) is 78.1 cm³/mol. The second-order valence-electron chi connectivity index (χ2n) is 4.17. The van der Waals surface area contributed by atoms with Crippen molar-refractivity contribution in [3.8, 4) is 0 Å². The number of carbonyl (C=O) groups excluding carboxylic acids is 1. The van der Waals surface area contributed by atoms with Crippen molar-refractivity contribution in [1.82, 2.24) is 20.1 Å². The van der Waals surface area contributed by atoms with Crippen molar-refractivity contribution in [3.63, 3.8) is 0 Å². The van der Waals surface area contributed by atoms with Crippen molar-refractivity contribution >= 4 is 35.1 Å². The second kappa shape index (κ2) is 6.11. The van der Waals surface area contributed by atoms with Crippen LogP contribution in [-0.4, -0.2) is 20.8 Å². The summed E-state index contributed by atoms with van der Waals surface area (Å²) >= 11 is 11.6. The number of nitrogens with one attached hydrogen (secondary N) is 2. The Morgan fingerprint density at radius 1 is 1.35 bits per heavy atom. The van der Waals surface area contributed by atoms with E-state index in [9.17, 15) is 4.79 Å². The van der Waals surface area contributed by atoms with Crippen molar-refractivity contribution in [2.45, 2.75) is 13.5 Å². The van der Waals surface area contributed by atoms with Gasteiger partial charge in [0.2, 0.25) is 0 Å². The Kier molecular flexibility index (Phi) is 4.46. The van der Waals surface area contributed by atoms with Crippen LogP contribution in [0.15, 0.2) is 18.5 Å². The van der Waals surface area contributed by atoms with Gasteiger partial charge in [0.25, 0.3) is 0 Å². The Balaban J connectivity index is 1.92. The average molecular weight is 314 g/mol. The highest BCUT2D eigenvalue weighted by Gasteiger charge is 2.08. The van der Waals surface area contributed by atoms with Crippen LogP contribution in [0.3, 0.4) is 0 Å². The molecule has 0 aromatic carbocycles. The van der Waals surface area contributed by atoms with E-state index in [1.807, 2.05) is 14.0 Å². The number of carbonyl (C=O) groups is 1. The molecule has 0 unspecified atom stereocenters. The number of hydrogen-bond acceptors (Lipinski definition) is 3. The van der Waals surface area contributed by atoms with Gasteiger partial charge in [0.15, 0.2) is 0 Å². The number of amides is 2. The van der Waals surface area contributed by atoms with Gasteiger partial charge in [-0.25, -0.2) is 9.78 Å². The van der Waals surface area contributed by atoms with Gasteiger partial charge in [0.1, 0.15) is 5.82 Å². The lowest BCUT2D eigenvalue weighted by atomic mass is 10.2. The molecule has 0 radical (unpaired) electrons. The highest BCUT2D eigenvalue weighted by molar-refractivity contribution is 6.42. The smallest absolute Gasteiger partial charge is 0.320 e. The second-order valence-corrected chi connectivity index (χ2v) is 4.98. The van der Waals surface area contributed by atoms with Crippen LogP contribution in [0, 0.1) is 6.92 Å². The molecular weight excluding hydrogens is 301 g/mol. The fourth-order valence-corrected chi connectivity index (χ4v) is 1.79. The Labute approximate surface area is 126 Å². The standard InChI is InChI=1S/C12H13Cl2N5O/c1-7-8(5-17-19(7)2)4-16-12(20)18-11-3-9(13)10(14)6-15-11/h3,5-6H,4H2,1-2H3,(H2,15,16,18,20). The fraction of sp³-hybridized carbons (Fsp3) is 0.250. The molecule has 0 spiro atoms. The zero-order valence-corrected chi connectivity index (χ0v) is 12.5. The van der Waals surface area contributed by atoms with E-state index < -0.39 is 0 Å². The number of rotatable bonds is 3. The number of pyridine rings is 1. The minimum atomic E-state index is -0.376.